The van der Waals surface area contributed by atoms with Crippen molar-refractivity contribution in [2.24, 2.45) is 0 Å². The molecule has 1 N–H and O–H groups in total. The number of carbonyl (C=O) groups is 1. The maximum atomic E-state index is 13.0. The van der Waals surface area contributed by atoms with Crippen LogP contribution in [0.4, 0.5) is 10.1 Å². The van der Waals surface area contributed by atoms with Crippen LogP contribution in [0.1, 0.15) is 23.1 Å². The Bertz CT molecular complexity index is 622. The second-order valence-corrected chi connectivity index (χ2v) is 5.00. The molecule has 0 radical (unpaired) electrons. The maximum absolute atomic E-state index is 13.0. The second-order valence-electron chi connectivity index (χ2n) is 5.00. The predicted octanol–water partition coefficient (Wildman–Crippen LogP) is 4.01. The molecule has 0 aliphatic carbocycles. The summed E-state index contributed by atoms with van der Waals surface area (Å²) in [4.78, 5) is 11.9. The molecule has 20 heavy (non-hydrogen) atoms. The molecule has 0 fully saturated rings. The molecule has 0 aromatic heterocycles. The zero-order valence-corrected chi connectivity index (χ0v) is 11.7. The fourth-order valence-electron chi connectivity index (χ4n) is 2.03. The number of benzene rings is 2. The van der Waals surface area contributed by atoms with Crippen molar-refractivity contribution in [1.82, 2.24) is 0 Å². The molecule has 2 rings (SSSR count). The first-order chi connectivity index (χ1) is 9.54. The van der Waals surface area contributed by atoms with Gasteiger partial charge in [0.2, 0.25) is 5.91 Å². The van der Waals surface area contributed by atoms with E-state index >= 15 is 0 Å². The number of hydrogen-bond donors (Lipinski definition) is 1. The lowest BCUT2D eigenvalue weighted by molar-refractivity contribution is -0.116. The average Bonchev–Trinajstić information content (AvgIpc) is 2.41. The number of amides is 1. The molecule has 2 aromatic rings. The van der Waals surface area contributed by atoms with Gasteiger partial charge >= 0.3 is 0 Å². The van der Waals surface area contributed by atoms with Gasteiger partial charge in [-0.15, -0.1) is 0 Å². The van der Waals surface area contributed by atoms with Crippen molar-refractivity contribution >= 4 is 11.6 Å². The average molecular weight is 271 g/mol. The van der Waals surface area contributed by atoms with Gasteiger partial charge in [-0.05, 0) is 55.2 Å². The smallest absolute Gasteiger partial charge is 0.224 e. The lowest BCUT2D eigenvalue weighted by Crippen LogP contribution is -2.13. The zero-order chi connectivity index (χ0) is 14.5. The van der Waals surface area contributed by atoms with Crippen LogP contribution in [0.25, 0.3) is 0 Å². The van der Waals surface area contributed by atoms with Crippen LogP contribution in [0.5, 0.6) is 0 Å². The van der Waals surface area contributed by atoms with Crippen molar-refractivity contribution in [2.75, 3.05) is 5.32 Å². The highest BCUT2D eigenvalue weighted by Gasteiger charge is 2.06. The summed E-state index contributed by atoms with van der Waals surface area (Å²) in [6.45, 7) is 3.95. The number of halogens is 1. The summed E-state index contributed by atoms with van der Waals surface area (Å²) in [6.07, 6.45) is 0.880. The number of carbonyl (C=O) groups excluding carboxylic acids is 1. The minimum Gasteiger partial charge on any atom is -0.326 e. The summed E-state index contributed by atoms with van der Waals surface area (Å²) in [5, 5.41) is 2.90. The van der Waals surface area contributed by atoms with E-state index < -0.39 is 0 Å². The molecule has 2 aromatic carbocycles. The first kappa shape index (κ1) is 14.3. The van der Waals surface area contributed by atoms with E-state index in [0.29, 0.717) is 12.8 Å². The van der Waals surface area contributed by atoms with E-state index in [1.165, 1.54) is 12.1 Å². The number of anilines is 1. The van der Waals surface area contributed by atoms with Gasteiger partial charge in [-0.3, -0.25) is 4.79 Å². The van der Waals surface area contributed by atoms with Gasteiger partial charge in [0.1, 0.15) is 5.82 Å². The summed E-state index contributed by atoms with van der Waals surface area (Å²) in [5.41, 5.74) is 3.82. The van der Waals surface area contributed by atoms with E-state index in [4.69, 9.17) is 0 Å². The van der Waals surface area contributed by atoms with Crippen LogP contribution in [0, 0.1) is 19.7 Å². The Morgan fingerprint density at radius 3 is 2.70 bits per heavy atom. The molecule has 0 atom stereocenters. The summed E-state index contributed by atoms with van der Waals surface area (Å²) in [5.74, 6) is -0.319. The van der Waals surface area contributed by atoms with Gasteiger partial charge in [0.05, 0.1) is 0 Å². The monoisotopic (exact) mass is 271 g/mol. The standard InChI is InChI=1S/C17H18FNO/c1-12-6-7-13(2)16(10-12)19-17(20)9-8-14-4-3-5-15(18)11-14/h3-7,10-11H,8-9H2,1-2H3,(H,19,20). The Morgan fingerprint density at radius 1 is 1.15 bits per heavy atom. The topological polar surface area (TPSA) is 29.1 Å². The van der Waals surface area contributed by atoms with Crippen molar-refractivity contribution in [3.8, 4) is 0 Å². The highest BCUT2D eigenvalue weighted by molar-refractivity contribution is 5.91. The Kier molecular flexibility index (Phi) is 4.51. The number of rotatable bonds is 4. The van der Waals surface area contributed by atoms with Crippen LogP contribution in [0.3, 0.4) is 0 Å². The van der Waals surface area contributed by atoms with Gasteiger partial charge < -0.3 is 5.32 Å². The molecule has 0 aliphatic rings. The Labute approximate surface area is 118 Å². The fourth-order valence-corrected chi connectivity index (χ4v) is 2.03. The fraction of sp³-hybridized carbons (Fsp3) is 0.235. The minimum atomic E-state index is -0.266. The van der Waals surface area contributed by atoms with Crippen molar-refractivity contribution < 1.29 is 9.18 Å². The van der Waals surface area contributed by atoms with E-state index in [9.17, 15) is 9.18 Å². The van der Waals surface area contributed by atoms with Crippen molar-refractivity contribution in [3.63, 3.8) is 0 Å². The van der Waals surface area contributed by atoms with Gasteiger partial charge in [0.15, 0.2) is 0 Å². The first-order valence-corrected chi connectivity index (χ1v) is 6.66. The van der Waals surface area contributed by atoms with E-state index in [1.54, 1.807) is 6.07 Å². The quantitative estimate of drug-likeness (QED) is 0.894. The Hall–Kier alpha value is -2.16. The molecule has 2 nitrogen and oxygen atoms in total. The van der Waals surface area contributed by atoms with Gasteiger partial charge in [-0.2, -0.15) is 0 Å². The molecule has 3 heteroatoms. The molecule has 0 spiro atoms. The summed E-state index contributed by atoms with van der Waals surface area (Å²) < 4.78 is 13.0. The third-order valence-corrected chi connectivity index (χ3v) is 3.20. The molecule has 0 bridgehead atoms. The van der Waals surface area contributed by atoms with Crippen LogP contribution < -0.4 is 5.32 Å². The second kappa shape index (κ2) is 6.33. The Morgan fingerprint density at radius 2 is 1.95 bits per heavy atom. The lowest BCUT2D eigenvalue weighted by atomic mass is 10.1. The third-order valence-electron chi connectivity index (χ3n) is 3.20. The van der Waals surface area contributed by atoms with Crippen LogP contribution in [-0.4, -0.2) is 5.91 Å². The van der Waals surface area contributed by atoms with Gasteiger partial charge in [-0.25, -0.2) is 4.39 Å². The Balaban J connectivity index is 1.94. The van der Waals surface area contributed by atoms with Crippen LogP contribution >= 0.6 is 0 Å². The molecular formula is C17H18FNO. The van der Waals surface area contributed by atoms with Crippen LogP contribution in [0.15, 0.2) is 42.5 Å². The van der Waals surface area contributed by atoms with Crippen molar-refractivity contribution in [2.45, 2.75) is 26.7 Å². The molecule has 0 saturated heterocycles. The summed E-state index contributed by atoms with van der Waals surface area (Å²) in [6, 6.07) is 12.3. The highest BCUT2D eigenvalue weighted by Crippen LogP contribution is 2.17. The van der Waals surface area contributed by atoms with Crippen molar-refractivity contribution in [3.05, 3.63) is 65.0 Å². The van der Waals surface area contributed by atoms with Gasteiger partial charge in [0, 0.05) is 12.1 Å². The van der Waals surface area contributed by atoms with Crippen molar-refractivity contribution in [1.29, 1.82) is 0 Å². The largest absolute Gasteiger partial charge is 0.326 e. The number of nitrogens with one attached hydrogen (secondary N) is 1. The van der Waals surface area contributed by atoms with Crippen LogP contribution in [0.2, 0.25) is 0 Å². The number of hydrogen-bond acceptors (Lipinski definition) is 1. The van der Waals surface area contributed by atoms with Gasteiger partial charge in [-0.1, -0.05) is 24.3 Å². The molecular weight excluding hydrogens is 253 g/mol. The first-order valence-electron chi connectivity index (χ1n) is 6.66. The minimum absolute atomic E-state index is 0.0528. The maximum Gasteiger partial charge on any atom is 0.224 e. The molecule has 0 heterocycles. The highest BCUT2D eigenvalue weighted by atomic mass is 19.1. The van der Waals surface area contributed by atoms with Crippen LogP contribution in [-0.2, 0) is 11.2 Å². The third kappa shape index (κ3) is 3.92. The van der Waals surface area contributed by atoms with E-state index in [2.05, 4.69) is 5.32 Å². The molecule has 104 valence electrons. The summed E-state index contributed by atoms with van der Waals surface area (Å²) in [7, 11) is 0. The van der Waals surface area contributed by atoms with E-state index in [1.807, 2.05) is 38.1 Å². The zero-order valence-electron chi connectivity index (χ0n) is 11.7. The molecule has 0 aliphatic heterocycles. The molecule has 0 unspecified atom stereocenters. The van der Waals surface area contributed by atoms with E-state index in [-0.39, 0.29) is 11.7 Å². The SMILES string of the molecule is Cc1ccc(C)c(NC(=O)CCc2cccc(F)c2)c1. The van der Waals surface area contributed by atoms with Gasteiger partial charge in [0.25, 0.3) is 0 Å². The summed E-state index contributed by atoms with van der Waals surface area (Å²) >= 11 is 0. The lowest BCUT2D eigenvalue weighted by Gasteiger charge is -2.09. The molecule has 1 amide bonds. The predicted molar refractivity (Wildman–Crippen MR) is 79.3 cm³/mol. The van der Waals surface area contributed by atoms with E-state index in [0.717, 1.165) is 22.4 Å². The molecule has 0 saturated carbocycles. The normalized spacial score (nSPS) is 10.3. The number of aryl methyl sites for hydroxylation is 3.